The molecule has 12 heavy (non-hydrogen) atoms. The maximum absolute atomic E-state index is 10.9. The van der Waals surface area contributed by atoms with Crippen LogP contribution < -0.4 is 11.4 Å². The summed E-state index contributed by atoms with van der Waals surface area (Å²) in [6, 6.07) is 0. The average molecular weight is 173 g/mol. The second kappa shape index (κ2) is 3.40. The molecule has 0 aliphatic rings. The molecule has 1 aromatic heterocycles. The van der Waals surface area contributed by atoms with E-state index in [4.69, 9.17) is 5.11 Å². The minimum absolute atomic E-state index is 0.0446. The number of nitrogens with one attached hydrogen (secondary N) is 2. The predicted octanol–water partition coefficient (Wildman–Crippen LogP) is -1.51. The first kappa shape index (κ1) is 8.79. The van der Waals surface area contributed by atoms with Gasteiger partial charge in [-0.25, -0.2) is 24.4 Å². The number of hydrogen-bond acceptors (Lipinski definition) is 3. The Balaban J connectivity index is 2.88. The maximum atomic E-state index is 10.9. The van der Waals surface area contributed by atoms with Gasteiger partial charge in [0.25, 0.3) is 0 Å². The van der Waals surface area contributed by atoms with Crippen LogP contribution in [0.1, 0.15) is 6.92 Å². The van der Waals surface area contributed by atoms with Gasteiger partial charge in [-0.2, -0.15) is 0 Å². The number of rotatable bonds is 3. The van der Waals surface area contributed by atoms with Gasteiger partial charge in [0, 0.05) is 13.2 Å². The van der Waals surface area contributed by atoms with Gasteiger partial charge in [-0.1, -0.05) is 6.92 Å². The van der Waals surface area contributed by atoms with Gasteiger partial charge in [0.1, 0.15) is 0 Å². The summed E-state index contributed by atoms with van der Waals surface area (Å²) in [5.41, 5.74) is -0.944. The highest BCUT2D eigenvalue weighted by molar-refractivity contribution is 4.67. The number of aliphatic hydroxyl groups is 1. The minimum Gasteiger partial charge on any atom is -0.396 e. The molecule has 1 heterocycles. The summed E-state index contributed by atoms with van der Waals surface area (Å²) in [5.74, 6) is -0.0976. The summed E-state index contributed by atoms with van der Waals surface area (Å²) in [6.45, 7) is 1.93. The molecule has 0 fully saturated rings. The number of aliphatic hydroxyl groups excluding tert-OH is 1. The molecule has 6 heteroatoms. The van der Waals surface area contributed by atoms with Crippen LogP contribution in [0, 0.1) is 5.92 Å². The molecule has 0 bridgehead atoms. The van der Waals surface area contributed by atoms with Gasteiger partial charge in [-0.3, -0.25) is 0 Å². The topological polar surface area (TPSA) is 90.9 Å². The highest BCUT2D eigenvalue weighted by atomic mass is 16.3. The lowest BCUT2D eigenvalue weighted by Gasteiger charge is -2.04. The van der Waals surface area contributed by atoms with Crippen LogP contribution in [0.25, 0.3) is 0 Å². The zero-order chi connectivity index (χ0) is 9.14. The highest BCUT2D eigenvalue weighted by Gasteiger charge is 2.06. The Bertz CT molecular complexity index is 320. The second-order valence-corrected chi connectivity index (χ2v) is 2.76. The van der Waals surface area contributed by atoms with Crippen molar-refractivity contribution in [2.75, 3.05) is 6.61 Å². The molecule has 68 valence electrons. The first-order valence-corrected chi connectivity index (χ1v) is 3.63. The Labute approximate surface area is 67.8 Å². The third kappa shape index (κ3) is 1.65. The number of aromatic amines is 2. The van der Waals surface area contributed by atoms with Crippen LogP contribution in [0.2, 0.25) is 0 Å². The summed E-state index contributed by atoms with van der Waals surface area (Å²) in [5, 5.41) is 13.0. The van der Waals surface area contributed by atoms with E-state index in [0.29, 0.717) is 0 Å². The van der Waals surface area contributed by atoms with Crippen molar-refractivity contribution in [1.29, 1.82) is 0 Å². The monoisotopic (exact) mass is 173 g/mol. The van der Waals surface area contributed by atoms with E-state index in [0.717, 1.165) is 4.57 Å². The van der Waals surface area contributed by atoms with Gasteiger partial charge in [-0.05, 0) is 5.92 Å². The summed E-state index contributed by atoms with van der Waals surface area (Å²) in [4.78, 5) is 21.8. The largest absolute Gasteiger partial charge is 0.396 e. The molecule has 1 rings (SSSR count). The molecule has 0 radical (unpaired) electrons. The van der Waals surface area contributed by atoms with Gasteiger partial charge < -0.3 is 5.11 Å². The van der Waals surface area contributed by atoms with Crippen molar-refractivity contribution in [2.45, 2.75) is 13.5 Å². The van der Waals surface area contributed by atoms with Gasteiger partial charge in [0.05, 0.1) is 0 Å². The van der Waals surface area contributed by atoms with Crippen LogP contribution >= 0.6 is 0 Å². The van der Waals surface area contributed by atoms with E-state index in [1.54, 1.807) is 6.92 Å². The molecule has 1 atom stereocenters. The molecular formula is C6H11N3O3. The molecule has 0 saturated heterocycles. The van der Waals surface area contributed by atoms with Crippen molar-refractivity contribution in [3.8, 4) is 0 Å². The van der Waals surface area contributed by atoms with E-state index in [1.807, 2.05) is 0 Å². The molecule has 6 nitrogen and oxygen atoms in total. The van der Waals surface area contributed by atoms with Gasteiger partial charge in [-0.15, -0.1) is 0 Å². The smallest absolute Gasteiger partial charge is 0.344 e. The average Bonchev–Trinajstić information content (AvgIpc) is 2.35. The fourth-order valence-corrected chi connectivity index (χ4v) is 0.869. The van der Waals surface area contributed by atoms with Crippen LogP contribution in [0.3, 0.4) is 0 Å². The normalized spacial score (nSPS) is 13.2. The van der Waals surface area contributed by atoms with Crippen LogP contribution in [-0.4, -0.2) is 26.5 Å². The molecule has 3 N–H and O–H groups in total. The van der Waals surface area contributed by atoms with E-state index >= 15 is 0 Å². The molecular weight excluding hydrogens is 162 g/mol. The van der Waals surface area contributed by atoms with Crippen LogP contribution in [0.5, 0.6) is 0 Å². The maximum Gasteiger partial charge on any atom is 0.344 e. The Hall–Kier alpha value is -1.30. The zero-order valence-corrected chi connectivity index (χ0v) is 6.70. The van der Waals surface area contributed by atoms with E-state index < -0.39 is 11.4 Å². The van der Waals surface area contributed by atoms with Crippen molar-refractivity contribution in [1.82, 2.24) is 14.8 Å². The fourth-order valence-electron chi connectivity index (χ4n) is 0.869. The third-order valence-corrected chi connectivity index (χ3v) is 1.57. The Kier molecular flexibility index (Phi) is 2.49. The molecule has 0 aliphatic carbocycles. The molecule has 0 aromatic carbocycles. The molecule has 0 spiro atoms. The van der Waals surface area contributed by atoms with Crippen molar-refractivity contribution < 1.29 is 5.11 Å². The van der Waals surface area contributed by atoms with Crippen molar-refractivity contribution in [2.24, 2.45) is 5.92 Å². The van der Waals surface area contributed by atoms with Crippen LogP contribution in [-0.2, 0) is 6.54 Å². The van der Waals surface area contributed by atoms with Crippen molar-refractivity contribution >= 4 is 0 Å². The first-order chi connectivity index (χ1) is 5.65. The van der Waals surface area contributed by atoms with Gasteiger partial charge >= 0.3 is 11.4 Å². The van der Waals surface area contributed by atoms with Gasteiger partial charge in [0.2, 0.25) is 0 Å². The SMILES string of the molecule is CC(CO)Cn1c(=O)[nH][nH]c1=O. The predicted molar refractivity (Wildman–Crippen MR) is 41.9 cm³/mol. The molecule has 0 aliphatic heterocycles. The van der Waals surface area contributed by atoms with E-state index in [2.05, 4.69) is 10.2 Å². The molecule has 0 saturated carbocycles. The Morgan fingerprint density at radius 2 is 1.92 bits per heavy atom. The van der Waals surface area contributed by atoms with E-state index in [1.165, 1.54) is 0 Å². The lowest BCUT2D eigenvalue weighted by Crippen LogP contribution is -2.30. The number of hydrogen-bond donors (Lipinski definition) is 3. The number of aromatic nitrogens is 3. The van der Waals surface area contributed by atoms with Crippen LogP contribution in [0.15, 0.2) is 9.59 Å². The summed E-state index contributed by atoms with van der Waals surface area (Å²) >= 11 is 0. The number of H-pyrrole nitrogens is 2. The molecule has 1 unspecified atom stereocenters. The molecule has 0 amide bonds. The van der Waals surface area contributed by atoms with E-state index in [-0.39, 0.29) is 19.1 Å². The van der Waals surface area contributed by atoms with Crippen LogP contribution in [0.4, 0.5) is 0 Å². The minimum atomic E-state index is -0.472. The lowest BCUT2D eigenvalue weighted by atomic mass is 10.2. The number of nitrogens with zero attached hydrogens (tertiary/aromatic N) is 1. The lowest BCUT2D eigenvalue weighted by molar-refractivity contribution is 0.221. The summed E-state index contributed by atoms with van der Waals surface area (Å²) in [6.07, 6.45) is 0. The highest BCUT2D eigenvalue weighted by Crippen LogP contribution is 1.92. The standard InChI is InChI=1S/C6H11N3O3/c1-4(3-10)2-9-5(11)7-8-6(9)12/h4,10H,2-3H2,1H3,(H,7,11)(H,8,12). The molecule has 1 aromatic rings. The summed E-state index contributed by atoms with van der Waals surface area (Å²) < 4.78 is 1.01. The third-order valence-electron chi connectivity index (χ3n) is 1.57. The fraction of sp³-hybridized carbons (Fsp3) is 0.667. The van der Waals surface area contributed by atoms with Crippen molar-refractivity contribution in [3.63, 3.8) is 0 Å². The van der Waals surface area contributed by atoms with Crippen molar-refractivity contribution in [3.05, 3.63) is 21.0 Å². The van der Waals surface area contributed by atoms with E-state index in [9.17, 15) is 9.59 Å². The Morgan fingerprint density at radius 1 is 1.42 bits per heavy atom. The zero-order valence-electron chi connectivity index (χ0n) is 6.70. The Morgan fingerprint density at radius 3 is 2.33 bits per heavy atom. The summed E-state index contributed by atoms with van der Waals surface area (Å²) in [7, 11) is 0. The second-order valence-electron chi connectivity index (χ2n) is 2.76. The quantitative estimate of drug-likeness (QED) is 0.519. The van der Waals surface area contributed by atoms with Gasteiger partial charge in [0.15, 0.2) is 0 Å². The first-order valence-electron chi connectivity index (χ1n) is 3.63.